The third kappa shape index (κ3) is 4.74. The van der Waals surface area contributed by atoms with E-state index in [1.54, 1.807) is 0 Å². The molecule has 1 aliphatic rings. The highest BCUT2D eigenvalue weighted by Gasteiger charge is 2.48. The Bertz CT molecular complexity index is 984. The van der Waals surface area contributed by atoms with Crippen molar-refractivity contribution in [2.75, 3.05) is 10.6 Å². The molecule has 1 fully saturated rings. The molecular formula is C20H16F6N2O2. The zero-order valence-corrected chi connectivity index (χ0v) is 15.5. The standard InChI is InChI=1S/C20H16F6N2O2/c1-10(29)27-11-6-7-17(16(8-11)20(24,25)26)28-18(30)14-9-13(14)12-4-2-3-5-15(12)19(21,22)23/h2-8,13-14H,9H2,1H3,(H,27,29)(H,28,30). The molecule has 0 radical (unpaired) electrons. The fourth-order valence-electron chi connectivity index (χ4n) is 3.30. The van der Waals surface area contributed by atoms with Crippen molar-refractivity contribution in [2.24, 2.45) is 5.92 Å². The number of benzene rings is 2. The van der Waals surface area contributed by atoms with Gasteiger partial charge in [-0.3, -0.25) is 9.59 Å². The first-order valence-electron chi connectivity index (χ1n) is 8.83. The zero-order chi connectivity index (χ0) is 22.3. The molecule has 2 atom stereocenters. The van der Waals surface area contributed by atoms with Crippen molar-refractivity contribution < 1.29 is 35.9 Å². The molecule has 1 saturated carbocycles. The van der Waals surface area contributed by atoms with Crippen LogP contribution in [0.4, 0.5) is 37.7 Å². The summed E-state index contributed by atoms with van der Waals surface area (Å²) in [4.78, 5) is 23.5. The van der Waals surface area contributed by atoms with Crippen molar-refractivity contribution in [3.63, 3.8) is 0 Å². The fourth-order valence-corrected chi connectivity index (χ4v) is 3.30. The van der Waals surface area contributed by atoms with Crippen molar-refractivity contribution in [1.29, 1.82) is 0 Å². The lowest BCUT2D eigenvalue weighted by atomic mass is 10.0. The Morgan fingerprint density at radius 2 is 1.53 bits per heavy atom. The van der Waals surface area contributed by atoms with Gasteiger partial charge >= 0.3 is 12.4 Å². The van der Waals surface area contributed by atoms with Gasteiger partial charge in [-0.15, -0.1) is 0 Å². The van der Waals surface area contributed by atoms with Gasteiger partial charge in [0.2, 0.25) is 11.8 Å². The van der Waals surface area contributed by atoms with Gasteiger partial charge in [0, 0.05) is 18.5 Å². The average Bonchev–Trinajstić information content (AvgIpc) is 3.42. The van der Waals surface area contributed by atoms with Gasteiger partial charge < -0.3 is 10.6 Å². The van der Waals surface area contributed by atoms with E-state index in [1.165, 1.54) is 24.3 Å². The molecule has 0 bridgehead atoms. The average molecular weight is 430 g/mol. The molecule has 2 aromatic rings. The summed E-state index contributed by atoms with van der Waals surface area (Å²) in [5.74, 6) is -2.96. The van der Waals surface area contributed by atoms with Crippen LogP contribution in [0.2, 0.25) is 0 Å². The predicted molar refractivity (Wildman–Crippen MR) is 96.7 cm³/mol. The molecule has 0 saturated heterocycles. The number of hydrogen-bond acceptors (Lipinski definition) is 2. The van der Waals surface area contributed by atoms with E-state index in [-0.39, 0.29) is 17.7 Å². The largest absolute Gasteiger partial charge is 0.418 e. The molecule has 30 heavy (non-hydrogen) atoms. The number of hydrogen-bond donors (Lipinski definition) is 2. The molecule has 2 aromatic carbocycles. The number of halogens is 6. The van der Waals surface area contributed by atoms with E-state index < -0.39 is 52.8 Å². The minimum Gasteiger partial charge on any atom is -0.326 e. The maximum Gasteiger partial charge on any atom is 0.418 e. The van der Waals surface area contributed by atoms with Gasteiger partial charge in [-0.05, 0) is 42.2 Å². The normalized spacial score (nSPS) is 18.6. The number of amides is 2. The van der Waals surface area contributed by atoms with E-state index in [4.69, 9.17) is 0 Å². The zero-order valence-electron chi connectivity index (χ0n) is 15.5. The van der Waals surface area contributed by atoms with Gasteiger partial charge in [-0.1, -0.05) is 18.2 Å². The summed E-state index contributed by atoms with van der Waals surface area (Å²) < 4.78 is 79.6. The van der Waals surface area contributed by atoms with Crippen molar-refractivity contribution in [3.8, 4) is 0 Å². The van der Waals surface area contributed by atoms with Gasteiger partial charge in [0.15, 0.2) is 0 Å². The Morgan fingerprint density at radius 1 is 0.900 bits per heavy atom. The minimum absolute atomic E-state index is 0.0535. The van der Waals surface area contributed by atoms with Gasteiger partial charge in [0.05, 0.1) is 16.8 Å². The third-order valence-electron chi connectivity index (χ3n) is 4.70. The summed E-state index contributed by atoms with van der Waals surface area (Å²) in [5, 5.41) is 4.39. The van der Waals surface area contributed by atoms with Crippen LogP contribution in [0.5, 0.6) is 0 Å². The molecule has 0 aliphatic heterocycles. The number of carbonyl (C=O) groups excluding carboxylic acids is 2. The minimum atomic E-state index is -4.82. The smallest absolute Gasteiger partial charge is 0.326 e. The summed E-state index contributed by atoms with van der Waals surface area (Å²) in [5.41, 5.74) is -2.72. The van der Waals surface area contributed by atoms with Crippen LogP contribution in [0.3, 0.4) is 0 Å². The maximum absolute atomic E-state index is 13.4. The SMILES string of the molecule is CC(=O)Nc1ccc(NC(=O)C2CC2c2ccccc2C(F)(F)F)c(C(F)(F)F)c1. The molecule has 1 aliphatic carbocycles. The molecule has 0 aromatic heterocycles. The monoisotopic (exact) mass is 430 g/mol. The lowest BCUT2D eigenvalue weighted by Crippen LogP contribution is -2.19. The highest BCUT2D eigenvalue weighted by Crippen LogP contribution is 2.51. The van der Waals surface area contributed by atoms with Crippen LogP contribution in [-0.2, 0) is 21.9 Å². The molecule has 10 heteroatoms. The Balaban J connectivity index is 1.81. The van der Waals surface area contributed by atoms with Crippen LogP contribution in [0, 0.1) is 5.92 Å². The molecule has 4 nitrogen and oxygen atoms in total. The van der Waals surface area contributed by atoms with Crippen LogP contribution in [-0.4, -0.2) is 11.8 Å². The molecule has 160 valence electrons. The molecule has 2 amide bonds. The van der Waals surface area contributed by atoms with Crippen molar-refractivity contribution in [2.45, 2.75) is 31.6 Å². The van der Waals surface area contributed by atoms with Crippen molar-refractivity contribution in [1.82, 2.24) is 0 Å². The van der Waals surface area contributed by atoms with Crippen LogP contribution in [0.15, 0.2) is 42.5 Å². The maximum atomic E-state index is 13.4. The number of anilines is 2. The Morgan fingerprint density at radius 3 is 2.13 bits per heavy atom. The third-order valence-corrected chi connectivity index (χ3v) is 4.70. The first-order chi connectivity index (χ1) is 13.9. The predicted octanol–water partition coefficient (Wildman–Crippen LogP) is 5.42. The molecule has 0 spiro atoms. The van der Waals surface area contributed by atoms with E-state index in [2.05, 4.69) is 10.6 Å². The Labute approximate surface area is 167 Å². The summed E-state index contributed by atoms with van der Waals surface area (Å²) in [7, 11) is 0. The summed E-state index contributed by atoms with van der Waals surface area (Å²) >= 11 is 0. The van der Waals surface area contributed by atoms with Gasteiger partial charge in [-0.25, -0.2) is 0 Å². The van der Waals surface area contributed by atoms with Crippen molar-refractivity contribution in [3.05, 3.63) is 59.2 Å². The molecule has 2 N–H and O–H groups in total. The molecule has 0 heterocycles. The van der Waals surface area contributed by atoms with Crippen LogP contribution in [0.1, 0.15) is 36.0 Å². The van der Waals surface area contributed by atoms with E-state index in [9.17, 15) is 35.9 Å². The van der Waals surface area contributed by atoms with Gasteiger partial charge in [0.1, 0.15) is 0 Å². The quantitative estimate of drug-likeness (QED) is 0.636. The van der Waals surface area contributed by atoms with E-state index >= 15 is 0 Å². The highest BCUT2D eigenvalue weighted by molar-refractivity contribution is 5.96. The van der Waals surface area contributed by atoms with Crippen molar-refractivity contribution >= 4 is 23.2 Å². The van der Waals surface area contributed by atoms with E-state index in [1.807, 2.05) is 0 Å². The number of nitrogens with one attached hydrogen (secondary N) is 2. The lowest BCUT2D eigenvalue weighted by molar-refractivity contribution is -0.138. The summed E-state index contributed by atoms with van der Waals surface area (Å²) in [6.45, 7) is 1.13. The number of carbonyl (C=O) groups is 2. The van der Waals surface area contributed by atoms with Gasteiger partial charge in [0.25, 0.3) is 0 Å². The molecule has 2 unspecified atom stereocenters. The second kappa shape index (κ2) is 7.66. The number of rotatable bonds is 4. The van der Waals surface area contributed by atoms with Gasteiger partial charge in [-0.2, -0.15) is 26.3 Å². The Kier molecular flexibility index (Phi) is 5.53. The second-order valence-corrected chi connectivity index (χ2v) is 6.96. The summed E-state index contributed by atoms with van der Waals surface area (Å²) in [6.07, 6.45) is -9.31. The van der Waals surface area contributed by atoms with E-state index in [0.717, 1.165) is 19.1 Å². The summed E-state index contributed by atoms with van der Waals surface area (Å²) in [6, 6.07) is 7.69. The highest BCUT2D eigenvalue weighted by atomic mass is 19.4. The molecule has 3 rings (SSSR count). The Hall–Kier alpha value is -3.04. The topological polar surface area (TPSA) is 58.2 Å². The van der Waals surface area contributed by atoms with Crippen LogP contribution in [0.25, 0.3) is 0 Å². The first-order valence-corrected chi connectivity index (χ1v) is 8.83. The lowest BCUT2D eigenvalue weighted by Gasteiger charge is -2.16. The van der Waals surface area contributed by atoms with Crippen LogP contribution < -0.4 is 10.6 Å². The van der Waals surface area contributed by atoms with Crippen LogP contribution >= 0.6 is 0 Å². The number of alkyl halides is 6. The van der Waals surface area contributed by atoms with E-state index in [0.29, 0.717) is 6.07 Å². The first kappa shape index (κ1) is 21.7. The second-order valence-electron chi connectivity index (χ2n) is 6.96. The molecular weight excluding hydrogens is 414 g/mol. The fraction of sp³-hybridized carbons (Fsp3) is 0.300.